The van der Waals surface area contributed by atoms with Gasteiger partial charge in [0.15, 0.2) is 3.95 Å². The van der Waals surface area contributed by atoms with Crippen molar-refractivity contribution >= 4 is 39.5 Å². The highest BCUT2D eigenvalue weighted by molar-refractivity contribution is 9.10. The fourth-order valence-corrected chi connectivity index (χ4v) is 4.32. The Kier molecular flexibility index (Phi) is 4.11. The molecule has 0 amide bonds. The number of hydrogen-bond donors (Lipinski definition) is 0. The van der Waals surface area contributed by atoms with E-state index < -0.39 is 0 Å². The van der Waals surface area contributed by atoms with Crippen LogP contribution in [-0.2, 0) is 0 Å². The van der Waals surface area contributed by atoms with Crippen molar-refractivity contribution in [2.45, 2.75) is 13.8 Å². The number of nitrogens with zero attached hydrogens (tertiary/aromatic N) is 1. The number of hydrogen-bond acceptors (Lipinski definition) is 2. The molecule has 3 aromatic rings. The third-order valence-corrected chi connectivity index (χ3v) is 5.64. The second-order valence-electron chi connectivity index (χ2n) is 4.88. The highest BCUT2D eigenvalue weighted by atomic mass is 79.9. The Labute approximate surface area is 142 Å². The lowest BCUT2D eigenvalue weighted by Gasteiger charge is -2.10. The first-order chi connectivity index (χ1) is 10.1. The number of aromatic nitrogens is 1. The summed E-state index contributed by atoms with van der Waals surface area (Å²) in [6.45, 7) is 4.23. The summed E-state index contributed by atoms with van der Waals surface area (Å²) in [6.07, 6.45) is 0. The second kappa shape index (κ2) is 5.87. The summed E-state index contributed by atoms with van der Waals surface area (Å²) in [7, 11) is 0. The van der Waals surface area contributed by atoms with E-state index in [1.165, 1.54) is 21.7 Å². The third-order valence-electron chi connectivity index (χ3n) is 3.56. The van der Waals surface area contributed by atoms with Gasteiger partial charge in [-0.05, 0) is 55.4 Å². The van der Waals surface area contributed by atoms with Crippen LogP contribution in [0.15, 0.2) is 53.0 Å². The molecule has 0 aliphatic heterocycles. The van der Waals surface area contributed by atoms with Crippen LogP contribution in [0.3, 0.4) is 0 Å². The maximum atomic E-state index is 5.50. The predicted molar refractivity (Wildman–Crippen MR) is 97.1 cm³/mol. The Balaban J connectivity index is 2.18. The van der Waals surface area contributed by atoms with Gasteiger partial charge in [0.25, 0.3) is 0 Å². The van der Waals surface area contributed by atoms with Gasteiger partial charge in [-0.15, -0.1) is 11.3 Å². The van der Waals surface area contributed by atoms with Crippen molar-refractivity contribution in [3.8, 4) is 16.8 Å². The van der Waals surface area contributed by atoms with Gasteiger partial charge in [-0.25, -0.2) is 0 Å². The van der Waals surface area contributed by atoms with Crippen LogP contribution in [0.2, 0.25) is 0 Å². The van der Waals surface area contributed by atoms with Crippen LogP contribution in [-0.4, -0.2) is 4.57 Å². The molecule has 1 aromatic heterocycles. The Morgan fingerprint density at radius 3 is 2.48 bits per heavy atom. The van der Waals surface area contributed by atoms with Crippen LogP contribution < -0.4 is 0 Å². The first-order valence-electron chi connectivity index (χ1n) is 6.62. The zero-order valence-electron chi connectivity index (χ0n) is 11.8. The molecular formula is C17H14BrNS2. The average Bonchev–Trinajstić information content (AvgIpc) is 2.73. The standard InChI is InChI=1S/C17H14BrNS2/c1-11-12(2)21-17(20)19(11)14-7-5-6-13(10-14)15-8-3-4-9-16(15)18/h3-10H,1-2H3. The van der Waals surface area contributed by atoms with E-state index in [1.807, 2.05) is 6.07 Å². The fourth-order valence-electron chi connectivity index (χ4n) is 2.35. The number of thiazole rings is 1. The SMILES string of the molecule is Cc1sc(=S)n(-c2cccc(-c3ccccc3Br)c2)c1C. The van der Waals surface area contributed by atoms with Gasteiger partial charge in [-0.3, -0.25) is 4.57 Å². The average molecular weight is 376 g/mol. The lowest BCUT2D eigenvalue weighted by atomic mass is 10.1. The lowest BCUT2D eigenvalue weighted by molar-refractivity contribution is 0.995. The van der Waals surface area contributed by atoms with Crippen LogP contribution >= 0.6 is 39.5 Å². The third kappa shape index (κ3) is 2.76. The summed E-state index contributed by atoms with van der Waals surface area (Å²) in [5, 5.41) is 0. The largest absolute Gasteiger partial charge is 0.296 e. The molecule has 0 bridgehead atoms. The normalized spacial score (nSPS) is 10.8. The molecule has 0 atom stereocenters. The Morgan fingerprint density at radius 1 is 1.05 bits per heavy atom. The van der Waals surface area contributed by atoms with E-state index in [2.05, 4.69) is 76.8 Å². The molecule has 21 heavy (non-hydrogen) atoms. The molecule has 0 spiro atoms. The van der Waals surface area contributed by atoms with Crippen molar-refractivity contribution in [2.24, 2.45) is 0 Å². The van der Waals surface area contributed by atoms with E-state index in [0.29, 0.717) is 0 Å². The number of aryl methyl sites for hydroxylation is 1. The molecule has 0 saturated carbocycles. The molecule has 106 valence electrons. The molecular weight excluding hydrogens is 362 g/mol. The summed E-state index contributed by atoms with van der Waals surface area (Å²) >= 11 is 10.8. The summed E-state index contributed by atoms with van der Waals surface area (Å²) in [5.41, 5.74) is 4.71. The molecule has 0 radical (unpaired) electrons. The topological polar surface area (TPSA) is 4.93 Å². The second-order valence-corrected chi connectivity index (χ2v) is 7.58. The molecule has 0 saturated heterocycles. The maximum Gasteiger partial charge on any atom is 0.166 e. The summed E-state index contributed by atoms with van der Waals surface area (Å²) in [5.74, 6) is 0. The molecule has 0 fully saturated rings. The van der Waals surface area contributed by atoms with E-state index in [0.717, 1.165) is 14.1 Å². The van der Waals surface area contributed by atoms with Crippen LogP contribution in [0.1, 0.15) is 10.6 Å². The van der Waals surface area contributed by atoms with Gasteiger partial charge in [0.05, 0.1) is 0 Å². The zero-order chi connectivity index (χ0) is 15.0. The van der Waals surface area contributed by atoms with E-state index in [4.69, 9.17) is 12.2 Å². The van der Waals surface area contributed by atoms with Gasteiger partial charge in [0.1, 0.15) is 0 Å². The van der Waals surface area contributed by atoms with Gasteiger partial charge in [0, 0.05) is 20.7 Å². The van der Waals surface area contributed by atoms with Crippen molar-refractivity contribution in [3.05, 3.63) is 67.5 Å². The van der Waals surface area contributed by atoms with E-state index >= 15 is 0 Å². The Hall–Kier alpha value is -1.23. The summed E-state index contributed by atoms with van der Waals surface area (Å²) < 4.78 is 4.15. The molecule has 3 rings (SSSR count). The van der Waals surface area contributed by atoms with Gasteiger partial charge >= 0.3 is 0 Å². The van der Waals surface area contributed by atoms with Gasteiger partial charge in [0.2, 0.25) is 0 Å². The Morgan fingerprint density at radius 2 is 1.81 bits per heavy atom. The highest BCUT2D eigenvalue weighted by Crippen LogP contribution is 2.30. The van der Waals surface area contributed by atoms with E-state index in [-0.39, 0.29) is 0 Å². The van der Waals surface area contributed by atoms with Crippen LogP contribution in [0, 0.1) is 17.8 Å². The molecule has 4 heteroatoms. The molecule has 2 aromatic carbocycles. The van der Waals surface area contributed by atoms with Crippen molar-refractivity contribution in [1.82, 2.24) is 4.57 Å². The van der Waals surface area contributed by atoms with Gasteiger partial charge in [-0.1, -0.05) is 46.3 Å². The highest BCUT2D eigenvalue weighted by Gasteiger charge is 2.09. The van der Waals surface area contributed by atoms with Crippen LogP contribution in [0.5, 0.6) is 0 Å². The lowest BCUT2D eigenvalue weighted by Crippen LogP contribution is -1.97. The fraction of sp³-hybridized carbons (Fsp3) is 0.118. The smallest absolute Gasteiger partial charge is 0.166 e. The molecule has 0 aliphatic carbocycles. The van der Waals surface area contributed by atoms with Gasteiger partial charge < -0.3 is 0 Å². The number of benzene rings is 2. The van der Waals surface area contributed by atoms with E-state index in [9.17, 15) is 0 Å². The summed E-state index contributed by atoms with van der Waals surface area (Å²) in [6, 6.07) is 16.8. The first-order valence-corrected chi connectivity index (χ1v) is 8.64. The predicted octanol–water partition coefficient (Wildman–Crippen LogP) is 6.31. The van der Waals surface area contributed by atoms with Crippen molar-refractivity contribution in [2.75, 3.05) is 0 Å². The molecule has 0 unspecified atom stereocenters. The number of rotatable bonds is 2. The van der Waals surface area contributed by atoms with Crippen molar-refractivity contribution in [3.63, 3.8) is 0 Å². The minimum Gasteiger partial charge on any atom is -0.296 e. The first kappa shape index (κ1) is 14.7. The Bertz CT molecular complexity index is 861. The molecule has 1 nitrogen and oxygen atoms in total. The van der Waals surface area contributed by atoms with Gasteiger partial charge in [-0.2, -0.15) is 0 Å². The molecule has 0 N–H and O–H groups in total. The van der Waals surface area contributed by atoms with E-state index in [1.54, 1.807) is 11.3 Å². The van der Waals surface area contributed by atoms with Crippen LogP contribution in [0.25, 0.3) is 16.8 Å². The minimum absolute atomic E-state index is 0.897. The maximum absolute atomic E-state index is 5.50. The quantitative estimate of drug-likeness (QED) is 0.474. The minimum atomic E-state index is 0.897. The number of halogens is 1. The molecule has 1 heterocycles. The monoisotopic (exact) mass is 375 g/mol. The zero-order valence-corrected chi connectivity index (χ0v) is 15.0. The van der Waals surface area contributed by atoms with Crippen LogP contribution in [0.4, 0.5) is 0 Å². The molecule has 0 aliphatic rings. The summed E-state index contributed by atoms with van der Waals surface area (Å²) in [4.78, 5) is 1.27. The van der Waals surface area contributed by atoms with Crippen molar-refractivity contribution < 1.29 is 0 Å². The van der Waals surface area contributed by atoms with Crippen molar-refractivity contribution in [1.29, 1.82) is 0 Å².